The van der Waals surface area contributed by atoms with E-state index in [4.69, 9.17) is 0 Å². The zero-order valence-corrected chi connectivity index (χ0v) is 28.0. The van der Waals surface area contributed by atoms with Crippen LogP contribution >= 0.6 is 0 Å². The van der Waals surface area contributed by atoms with Crippen molar-refractivity contribution in [1.82, 2.24) is 0 Å². The molecule has 7 aromatic carbocycles. The fraction of sp³-hybridized carbons (Fsp3) is 0.125. The molecular weight excluding hydrogens is 577 g/mol. The topological polar surface area (TPSA) is 0 Å². The van der Waals surface area contributed by atoms with Crippen LogP contribution in [0.5, 0.6) is 0 Å². The average molecular weight is 615 g/mol. The molecule has 0 atom stereocenters. The normalized spacial score (nSPS) is 14.6. The van der Waals surface area contributed by atoms with Crippen molar-refractivity contribution in [2.24, 2.45) is 0 Å². The van der Waals surface area contributed by atoms with E-state index in [-0.39, 0.29) is 10.8 Å². The molecule has 2 aliphatic rings. The number of fused-ring (bicyclic) bond motifs is 6. The summed E-state index contributed by atoms with van der Waals surface area (Å²) in [6.45, 7) is 9.78. The molecule has 0 nitrogen and oxygen atoms in total. The Morgan fingerprint density at radius 3 is 0.938 bits per heavy atom. The van der Waals surface area contributed by atoms with E-state index in [0.717, 1.165) is 0 Å². The Balaban J connectivity index is 1.43. The minimum absolute atomic E-state index is 0.226. The second-order valence-electron chi connectivity index (χ2n) is 14.5. The summed E-state index contributed by atoms with van der Waals surface area (Å²) in [5, 5.41) is 0. The van der Waals surface area contributed by atoms with E-state index in [1.165, 1.54) is 89.0 Å². The molecule has 0 saturated carbocycles. The SMILES string of the molecule is CC1(C)c2cc(-c3ccccc3)ccc2-c2c(-c3ccccc3)c3c(c(-c4ccccc4)c21)-c1ccc(-c2ccccc2)cc1C3(C)C. The maximum absolute atomic E-state index is 2.46. The molecule has 0 aliphatic heterocycles. The Morgan fingerprint density at radius 2 is 0.604 bits per heavy atom. The summed E-state index contributed by atoms with van der Waals surface area (Å²) < 4.78 is 0. The Kier molecular flexibility index (Phi) is 6.30. The molecule has 7 aromatic rings. The third kappa shape index (κ3) is 4.09. The first-order valence-corrected chi connectivity index (χ1v) is 17.1. The fourth-order valence-corrected chi connectivity index (χ4v) is 8.77. The van der Waals surface area contributed by atoms with Crippen molar-refractivity contribution in [1.29, 1.82) is 0 Å². The Morgan fingerprint density at radius 1 is 0.292 bits per heavy atom. The van der Waals surface area contributed by atoms with Gasteiger partial charge in [-0.25, -0.2) is 0 Å². The van der Waals surface area contributed by atoms with Gasteiger partial charge in [-0.15, -0.1) is 0 Å². The van der Waals surface area contributed by atoms with Crippen LogP contribution in [-0.2, 0) is 10.8 Å². The number of rotatable bonds is 4. The van der Waals surface area contributed by atoms with Crippen LogP contribution in [0.4, 0.5) is 0 Å². The molecule has 0 aromatic heterocycles. The predicted molar refractivity (Wildman–Crippen MR) is 203 cm³/mol. The van der Waals surface area contributed by atoms with Gasteiger partial charge in [0.05, 0.1) is 0 Å². The van der Waals surface area contributed by atoms with Gasteiger partial charge in [0, 0.05) is 10.8 Å². The van der Waals surface area contributed by atoms with Gasteiger partial charge in [-0.1, -0.05) is 173 Å². The predicted octanol–water partition coefficient (Wildman–Crippen LogP) is 13.0. The highest BCUT2D eigenvalue weighted by Crippen LogP contribution is 2.64. The molecule has 0 N–H and O–H groups in total. The lowest BCUT2D eigenvalue weighted by molar-refractivity contribution is 0.654. The lowest BCUT2D eigenvalue weighted by Crippen LogP contribution is -2.20. The van der Waals surface area contributed by atoms with E-state index in [1.54, 1.807) is 0 Å². The van der Waals surface area contributed by atoms with Crippen LogP contribution in [0.3, 0.4) is 0 Å². The molecular formula is C48H38. The smallest absolute Gasteiger partial charge is 0.0165 e. The highest BCUT2D eigenvalue weighted by molar-refractivity contribution is 6.08. The molecule has 0 heteroatoms. The minimum atomic E-state index is -0.226. The van der Waals surface area contributed by atoms with Gasteiger partial charge in [-0.05, 0) is 101 Å². The van der Waals surface area contributed by atoms with Crippen LogP contribution in [0, 0.1) is 0 Å². The van der Waals surface area contributed by atoms with Crippen molar-refractivity contribution >= 4 is 0 Å². The summed E-state index contributed by atoms with van der Waals surface area (Å²) >= 11 is 0. The third-order valence-corrected chi connectivity index (χ3v) is 11.0. The van der Waals surface area contributed by atoms with Gasteiger partial charge in [0.25, 0.3) is 0 Å². The number of benzene rings is 7. The number of hydrogen-bond acceptors (Lipinski definition) is 0. The van der Waals surface area contributed by atoms with Crippen molar-refractivity contribution in [2.75, 3.05) is 0 Å². The third-order valence-electron chi connectivity index (χ3n) is 11.0. The molecule has 0 heterocycles. The molecule has 2 aliphatic carbocycles. The van der Waals surface area contributed by atoms with Crippen molar-refractivity contribution in [3.8, 4) is 66.8 Å². The Hall–Kier alpha value is -5.46. The molecule has 0 amide bonds. The molecule has 9 rings (SSSR count). The molecule has 230 valence electrons. The largest absolute Gasteiger partial charge is 0.0622 e. The van der Waals surface area contributed by atoms with E-state index in [0.29, 0.717) is 0 Å². The zero-order valence-electron chi connectivity index (χ0n) is 28.0. The van der Waals surface area contributed by atoms with Crippen molar-refractivity contribution in [3.63, 3.8) is 0 Å². The van der Waals surface area contributed by atoms with E-state index >= 15 is 0 Å². The van der Waals surface area contributed by atoms with Crippen LogP contribution in [0.25, 0.3) is 66.8 Å². The van der Waals surface area contributed by atoms with Crippen LogP contribution in [0.1, 0.15) is 49.9 Å². The lowest BCUT2D eigenvalue weighted by Gasteiger charge is -2.31. The van der Waals surface area contributed by atoms with E-state index in [1.807, 2.05) is 0 Å². The summed E-state index contributed by atoms with van der Waals surface area (Å²) in [5.41, 5.74) is 21.1. The fourth-order valence-electron chi connectivity index (χ4n) is 8.77. The molecule has 0 spiro atoms. The second kappa shape index (κ2) is 10.5. The zero-order chi connectivity index (χ0) is 32.6. The first-order chi connectivity index (χ1) is 23.4. The summed E-state index contributed by atoms with van der Waals surface area (Å²) in [4.78, 5) is 0. The molecule has 0 unspecified atom stereocenters. The number of hydrogen-bond donors (Lipinski definition) is 0. The lowest BCUT2D eigenvalue weighted by atomic mass is 9.71. The monoisotopic (exact) mass is 614 g/mol. The first-order valence-electron chi connectivity index (χ1n) is 17.1. The summed E-state index contributed by atoms with van der Waals surface area (Å²) in [6.07, 6.45) is 0. The molecule has 48 heavy (non-hydrogen) atoms. The highest BCUT2D eigenvalue weighted by Gasteiger charge is 2.47. The van der Waals surface area contributed by atoms with Gasteiger partial charge in [0.1, 0.15) is 0 Å². The van der Waals surface area contributed by atoms with Crippen molar-refractivity contribution in [3.05, 3.63) is 180 Å². The molecule has 0 saturated heterocycles. The summed E-state index contributed by atoms with van der Waals surface area (Å²) in [6, 6.07) is 58.3. The molecule has 0 bridgehead atoms. The second-order valence-corrected chi connectivity index (χ2v) is 14.5. The standard InChI is InChI=1S/C48H38/c1-47(2)39-29-35(31-17-9-5-10-18-31)25-27-37(39)43-42(34-23-15-8-16-24-34)46-44(41(45(43)47)33-21-13-7-14-22-33)38-28-26-36(30-40(38)48(46,3)4)32-19-11-6-12-20-32/h5-30H,1-4H3. The van der Waals surface area contributed by atoms with Crippen LogP contribution < -0.4 is 0 Å². The minimum Gasteiger partial charge on any atom is -0.0622 e. The Bertz CT molecular complexity index is 2170. The Labute approximate surface area is 284 Å². The molecule has 0 radical (unpaired) electrons. The average Bonchev–Trinajstić information content (AvgIpc) is 3.51. The van der Waals surface area contributed by atoms with E-state index in [9.17, 15) is 0 Å². The van der Waals surface area contributed by atoms with Crippen LogP contribution in [0.2, 0.25) is 0 Å². The maximum Gasteiger partial charge on any atom is 0.0165 e. The van der Waals surface area contributed by atoms with Crippen LogP contribution in [-0.4, -0.2) is 0 Å². The van der Waals surface area contributed by atoms with Gasteiger partial charge in [-0.3, -0.25) is 0 Å². The highest BCUT2D eigenvalue weighted by atomic mass is 14.5. The first kappa shape index (κ1) is 28.7. The van der Waals surface area contributed by atoms with Crippen LogP contribution in [0.15, 0.2) is 158 Å². The van der Waals surface area contributed by atoms with Crippen molar-refractivity contribution in [2.45, 2.75) is 38.5 Å². The summed E-state index contributed by atoms with van der Waals surface area (Å²) in [7, 11) is 0. The van der Waals surface area contributed by atoms with E-state index < -0.39 is 0 Å². The van der Waals surface area contributed by atoms with Gasteiger partial charge in [0.2, 0.25) is 0 Å². The van der Waals surface area contributed by atoms with Gasteiger partial charge in [-0.2, -0.15) is 0 Å². The maximum atomic E-state index is 2.46. The summed E-state index contributed by atoms with van der Waals surface area (Å²) in [5.74, 6) is 0. The van der Waals surface area contributed by atoms with Gasteiger partial charge < -0.3 is 0 Å². The van der Waals surface area contributed by atoms with Crippen molar-refractivity contribution < 1.29 is 0 Å². The van der Waals surface area contributed by atoms with E-state index in [2.05, 4.69) is 185 Å². The van der Waals surface area contributed by atoms with Gasteiger partial charge >= 0.3 is 0 Å². The van der Waals surface area contributed by atoms with Gasteiger partial charge in [0.15, 0.2) is 0 Å². The quantitative estimate of drug-likeness (QED) is 0.185. The molecule has 0 fully saturated rings.